The van der Waals surface area contributed by atoms with Gasteiger partial charge in [0.1, 0.15) is 10.4 Å². The molecule has 2 N–H and O–H groups in total. The standard InChI is InChI=1S/C22H17BrN4O/c23-20-10-9-15(13-25-20)12-24-19-8-4-3-7-18(19)22(28)27-21-11-16-5-1-2-6-17(16)14-26-21/h1-11,13-14,24H,12H2,(H,26,27,28). The quantitative estimate of drug-likeness (QED) is 0.422. The Kier molecular flexibility index (Phi) is 5.30. The SMILES string of the molecule is O=C(Nc1cc2ccccc2cn1)c1ccccc1NCc1ccc(Br)nc1. The molecule has 0 aliphatic rings. The number of nitrogens with one attached hydrogen (secondary N) is 2. The van der Waals surface area contributed by atoms with Crippen LogP contribution in [0.5, 0.6) is 0 Å². The van der Waals surface area contributed by atoms with Crippen molar-refractivity contribution in [2.45, 2.75) is 6.54 Å². The van der Waals surface area contributed by atoms with E-state index in [1.165, 1.54) is 0 Å². The van der Waals surface area contributed by atoms with Crippen LogP contribution in [0.4, 0.5) is 11.5 Å². The Morgan fingerprint density at radius 2 is 1.68 bits per heavy atom. The molecule has 0 fully saturated rings. The van der Waals surface area contributed by atoms with Gasteiger partial charge in [0.05, 0.1) is 5.56 Å². The lowest BCUT2D eigenvalue weighted by atomic mass is 10.1. The molecule has 0 aliphatic carbocycles. The third kappa shape index (κ3) is 4.18. The molecule has 0 spiro atoms. The summed E-state index contributed by atoms with van der Waals surface area (Å²) in [5, 5.41) is 8.26. The molecule has 28 heavy (non-hydrogen) atoms. The summed E-state index contributed by atoms with van der Waals surface area (Å²) in [4.78, 5) is 21.4. The summed E-state index contributed by atoms with van der Waals surface area (Å²) in [5.74, 6) is 0.315. The largest absolute Gasteiger partial charge is 0.380 e. The molecule has 4 aromatic rings. The van der Waals surface area contributed by atoms with E-state index in [0.29, 0.717) is 17.9 Å². The van der Waals surface area contributed by atoms with Crippen LogP contribution in [-0.4, -0.2) is 15.9 Å². The molecule has 5 nitrogen and oxygen atoms in total. The van der Waals surface area contributed by atoms with Gasteiger partial charge in [0.2, 0.25) is 0 Å². The third-order valence-electron chi connectivity index (χ3n) is 4.32. The molecule has 2 aromatic carbocycles. The van der Waals surface area contributed by atoms with Gasteiger partial charge in [-0.25, -0.2) is 9.97 Å². The molecule has 0 unspecified atom stereocenters. The second kappa shape index (κ2) is 8.19. The number of fused-ring (bicyclic) bond motifs is 1. The highest BCUT2D eigenvalue weighted by atomic mass is 79.9. The number of anilines is 2. The number of para-hydroxylation sites is 1. The number of carbonyl (C=O) groups is 1. The van der Waals surface area contributed by atoms with Gasteiger partial charge in [-0.05, 0) is 51.1 Å². The molecule has 0 aliphatic heterocycles. The zero-order valence-electron chi connectivity index (χ0n) is 14.9. The molecule has 138 valence electrons. The van der Waals surface area contributed by atoms with E-state index in [-0.39, 0.29) is 5.91 Å². The van der Waals surface area contributed by atoms with Crippen molar-refractivity contribution in [2.75, 3.05) is 10.6 Å². The average Bonchev–Trinajstić information content (AvgIpc) is 2.73. The van der Waals surface area contributed by atoms with Gasteiger partial charge in [0.15, 0.2) is 0 Å². The lowest BCUT2D eigenvalue weighted by Gasteiger charge is -2.12. The Bertz CT molecular complexity index is 1130. The van der Waals surface area contributed by atoms with E-state index >= 15 is 0 Å². The van der Waals surface area contributed by atoms with E-state index in [9.17, 15) is 4.79 Å². The number of amides is 1. The van der Waals surface area contributed by atoms with E-state index in [2.05, 4.69) is 36.5 Å². The Morgan fingerprint density at radius 1 is 0.893 bits per heavy atom. The molecule has 0 radical (unpaired) electrons. The van der Waals surface area contributed by atoms with E-state index < -0.39 is 0 Å². The third-order valence-corrected chi connectivity index (χ3v) is 4.78. The molecule has 0 bridgehead atoms. The first-order valence-corrected chi connectivity index (χ1v) is 9.58. The van der Waals surface area contributed by atoms with Crippen molar-refractivity contribution in [3.63, 3.8) is 0 Å². The minimum absolute atomic E-state index is 0.209. The number of aromatic nitrogens is 2. The maximum absolute atomic E-state index is 12.8. The van der Waals surface area contributed by atoms with Crippen LogP contribution in [0.3, 0.4) is 0 Å². The first kappa shape index (κ1) is 18.1. The van der Waals surface area contributed by atoms with Gasteiger partial charge in [-0.1, -0.05) is 42.5 Å². The smallest absolute Gasteiger partial charge is 0.258 e. The zero-order valence-corrected chi connectivity index (χ0v) is 16.5. The van der Waals surface area contributed by atoms with E-state index in [1.54, 1.807) is 18.5 Å². The van der Waals surface area contributed by atoms with Crippen LogP contribution in [-0.2, 0) is 6.54 Å². The van der Waals surface area contributed by atoms with Gasteiger partial charge >= 0.3 is 0 Å². The number of hydrogen-bond acceptors (Lipinski definition) is 4. The monoisotopic (exact) mass is 432 g/mol. The Balaban J connectivity index is 1.51. The van der Waals surface area contributed by atoms with Crippen LogP contribution in [0.2, 0.25) is 0 Å². The Hall–Kier alpha value is -3.25. The van der Waals surface area contributed by atoms with Crippen molar-refractivity contribution >= 4 is 44.1 Å². The van der Waals surface area contributed by atoms with Gasteiger partial charge in [0.25, 0.3) is 5.91 Å². The highest BCUT2D eigenvalue weighted by Gasteiger charge is 2.12. The van der Waals surface area contributed by atoms with Crippen LogP contribution in [0.1, 0.15) is 15.9 Å². The van der Waals surface area contributed by atoms with Gasteiger partial charge in [-0.3, -0.25) is 4.79 Å². The second-order valence-electron chi connectivity index (χ2n) is 6.26. The van der Waals surface area contributed by atoms with Crippen LogP contribution >= 0.6 is 15.9 Å². The minimum atomic E-state index is -0.209. The van der Waals surface area contributed by atoms with Crippen molar-refractivity contribution in [3.8, 4) is 0 Å². The van der Waals surface area contributed by atoms with Crippen LogP contribution in [0.15, 0.2) is 83.7 Å². The molecular formula is C22H17BrN4O. The molecule has 4 rings (SSSR count). The fourth-order valence-electron chi connectivity index (χ4n) is 2.88. The van der Waals surface area contributed by atoms with Crippen molar-refractivity contribution in [2.24, 2.45) is 0 Å². The summed E-state index contributed by atoms with van der Waals surface area (Å²) in [5.41, 5.74) is 2.33. The van der Waals surface area contributed by atoms with Gasteiger partial charge in [-0.15, -0.1) is 0 Å². The van der Waals surface area contributed by atoms with E-state index in [4.69, 9.17) is 0 Å². The van der Waals surface area contributed by atoms with Crippen LogP contribution < -0.4 is 10.6 Å². The van der Waals surface area contributed by atoms with Gasteiger partial charge in [0, 0.05) is 30.0 Å². The molecule has 1 amide bonds. The number of halogens is 1. The molecule has 6 heteroatoms. The number of pyridine rings is 2. The summed E-state index contributed by atoms with van der Waals surface area (Å²) >= 11 is 3.33. The predicted octanol–water partition coefficient (Wildman–Crippen LogP) is 5.26. The number of rotatable bonds is 5. The first-order chi connectivity index (χ1) is 13.7. The molecule has 0 saturated carbocycles. The van der Waals surface area contributed by atoms with Crippen molar-refractivity contribution in [1.29, 1.82) is 0 Å². The Labute approximate surface area is 171 Å². The molecule has 0 saturated heterocycles. The summed E-state index contributed by atoms with van der Waals surface area (Å²) in [6.45, 7) is 0.568. The van der Waals surface area contributed by atoms with Crippen molar-refractivity contribution in [1.82, 2.24) is 9.97 Å². The minimum Gasteiger partial charge on any atom is -0.380 e. The van der Waals surface area contributed by atoms with Crippen molar-refractivity contribution in [3.05, 3.63) is 94.9 Å². The van der Waals surface area contributed by atoms with Gasteiger partial charge < -0.3 is 10.6 Å². The normalized spacial score (nSPS) is 10.6. The van der Waals surface area contributed by atoms with Crippen LogP contribution in [0, 0.1) is 0 Å². The first-order valence-electron chi connectivity index (χ1n) is 8.78. The van der Waals surface area contributed by atoms with E-state index in [1.807, 2.05) is 60.7 Å². The molecule has 2 aromatic heterocycles. The predicted molar refractivity (Wildman–Crippen MR) is 115 cm³/mol. The van der Waals surface area contributed by atoms with E-state index in [0.717, 1.165) is 26.6 Å². The van der Waals surface area contributed by atoms with Crippen molar-refractivity contribution < 1.29 is 4.79 Å². The zero-order chi connectivity index (χ0) is 19.3. The summed E-state index contributed by atoms with van der Waals surface area (Å²) < 4.78 is 0.791. The number of benzene rings is 2. The average molecular weight is 433 g/mol. The highest BCUT2D eigenvalue weighted by Crippen LogP contribution is 2.20. The van der Waals surface area contributed by atoms with Crippen LogP contribution in [0.25, 0.3) is 10.8 Å². The summed E-state index contributed by atoms with van der Waals surface area (Å²) in [7, 11) is 0. The summed E-state index contributed by atoms with van der Waals surface area (Å²) in [6.07, 6.45) is 3.55. The lowest BCUT2D eigenvalue weighted by Crippen LogP contribution is -2.15. The molecular weight excluding hydrogens is 416 g/mol. The number of nitrogens with zero attached hydrogens (tertiary/aromatic N) is 2. The number of carbonyl (C=O) groups excluding carboxylic acids is 1. The molecule has 0 atom stereocenters. The summed E-state index contributed by atoms with van der Waals surface area (Å²) in [6, 6.07) is 21.1. The second-order valence-corrected chi connectivity index (χ2v) is 7.07. The fraction of sp³-hybridized carbons (Fsp3) is 0.0455. The maximum atomic E-state index is 12.8. The topological polar surface area (TPSA) is 66.9 Å². The lowest BCUT2D eigenvalue weighted by molar-refractivity contribution is 0.102. The number of hydrogen-bond donors (Lipinski definition) is 2. The molecule has 2 heterocycles. The highest BCUT2D eigenvalue weighted by molar-refractivity contribution is 9.10. The van der Waals surface area contributed by atoms with Gasteiger partial charge in [-0.2, -0.15) is 0 Å². The maximum Gasteiger partial charge on any atom is 0.258 e. The Morgan fingerprint density at radius 3 is 2.50 bits per heavy atom. The fourth-order valence-corrected chi connectivity index (χ4v) is 3.11.